The van der Waals surface area contributed by atoms with Crippen LogP contribution in [-0.4, -0.2) is 57.3 Å². The zero-order valence-corrected chi connectivity index (χ0v) is 19.5. The van der Waals surface area contributed by atoms with Crippen LogP contribution in [0.25, 0.3) is 21.3 Å². The van der Waals surface area contributed by atoms with Gasteiger partial charge in [0.1, 0.15) is 21.9 Å². The fourth-order valence-electron chi connectivity index (χ4n) is 3.84. The molecule has 1 aliphatic rings. The van der Waals surface area contributed by atoms with Crippen molar-refractivity contribution in [1.29, 1.82) is 0 Å². The average Bonchev–Trinajstić information content (AvgIpc) is 3.25. The van der Waals surface area contributed by atoms with E-state index >= 15 is 0 Å². The molecule has 0 atom stereocenters. The van der Waals surface area contributed by atoms with Gasteiger partial charge in [-0.05, 0) is 37.5 Å². The summed E-state index contributed by atoms with van der Waals surface area (Å²) < 4.78 is 5.54. The second-order valence-corrected chi connectivity index (χ2v) is 9.50. The number of hydrogen-bond donors (Lipinski definition) is 1. The smallest absolute Gasteiger partial charge is 0.306 e. The van der Waals surface area contributed by atoms with Crippen molar-refractivity contribution in [2.75, 3.05) is 25.4 Å². The average molecular weight is 472 g/mol. The maximum absolute atomic E-state index is 12.6. The van der Waals surface area contributed by atoms with E-state index in [1.165, 1.54) is 0 Å². The molecule has 1 saturated heterocycles. The molecule has 9 heteroatoms. The minimum atomic E-state index is -0.764. The second-order valence-electron chi connectivity index (χ2n) is 7.56. The van der Waals surface area contributed by atoms with E-state index in [4.69, 9.17) is 9.84 Å². The molecule has 0 aliphatic carbocycles. The Kier molecular flexibility index (Phi) is 7.26. The summed E-state index contributed by atoms with van der Waals surface area (Å²) in [4.78, 5) is 35.3. The van der Waals surface area contributed by atoms with Crippen molar-refractivity contribution in [3.05, 3.63) is 36.0 Å². The van der Waals surface area contributed by atoms with E-state index in [0.717, 1.165) is 32.1 Å². The molecular formula is C23H25N3O4S2. The lowest BCUT2D eigenvalue weighted by Crippen LogP contribution is -2.40. The second kappa shape index (κ2) is 10.3. The van der Waals surface area contributed by atoms with Gasteiger partial charge in [-0.15, -0.1) is 23.1 Å². The fraction of sp³-hybridized carbons (Fsp3) is 0.391. The summed E-state index contributed by atoms with van der Waals surface area (Å²) in [5.41, 5.74) is 2.16. The van der Waals surface area contributed by atoms with Crippen molar-refractivity contribution < 1.29 is 19.4 Å². The van der Waals surface area contributed by atoms with Gasteiger partial charge in [-0.2, -0.15) is 0 Å². The summed E-state index contributed by atoms with van der Waals surface area (Å²) in [6.45, 7) is 3.63. The molecule has 1 aliphatic heterocycles. The molecule has 0 saturated carbocycles. The number of carboxylic acids is 1. The predicted molar refractivity (Wildman–Crippen MR) is 126 cm³/mol. The molecule has 3 aromatic rings. The number of rotatable bonds is 8. The topological polar surface area (TPSA) is 92.6 Å². The number of carboxylic acid groups (broad SMARTS) is 1. The van der Waals surface area contributed by atoms with Crippen LogP contribution in [0.15, 0.2) is 41.0 Å². The van der Waals surface area contributed by atoms with Gasteiger partial charge in [0.05, 0.1) is 17.9 Å². The van der Waals surface area contributed by atoms with Gasteiger partial charge in [-0.25, -0.2) is 9.97 Å². The first kappa shape index (κ1) is 22.5. The molecular weight excluding hydrogens is 446 g/mol. The first-order valence-corrected chi connectivity index (χ1v) is 12.5. The summed E-state index contributed by atoms with van der Waals surface area (Å²) in [7, 11) is 0. The summed E-state index contributed by atoms with van der Waals surface area (Å²) in [6, 6.07) is 8.01. The van der Waals surface area contributed by atoms with Crippen LogP contribution in [0.2, 0.25) is 0 Å². The molecule has 1 aromatic carbocycles. The molecule has 168 valence electrons. The third-order valence-electron chi connectivity index (χ3n) is 5.56. The molecule has 32 heavy (non-hydrogen) atoms. The van der Waals surface area contributed by atoms with Crippen LogP contribution < -0.4 is 4.74 Å². The standard InChI is InChI=1S/C23H25N3O4S2/c1-2-30-17-5-3-15(4-6-17)18-13-32-22-20(18)21(24-14-25-22)31-12-9-19(27)26-10-7-16(8-11-26)23(28)29/h3-6,13-14,16H,2,7-12H2,1H3,(H,28,29). The van der Waals surface area contributed by atoms with Crippen molar-refractivity contribution in [3.8, 4) is 16.9 Å². The summed E-state index contributed by atoms with van der Waals surface area (Å²) in [6.07, 6.45) is 3.03. The van der Waals surface area contributed by atoms with E-state index in [1.807, 2.05) is 31.2 Å². The van der Waals surface area contributed by atoms with Gasteiger partial charge in [0.25, 0.3) is 0 Å². The Balaban J connectivity index is 1.42. The Hall–Kier alpha value is -2.65. The number of thioether (sulfide) groups is 1. The number of likely N-dealkylation sites (tertiary alicyclic amines) is 1. The summed E-state index contributed by atoms with van der Waals surface area (Å²) in [5, 5.41) is 13.1. The Morgan fingerprint density at radius 3 is 2.66 bits per heavy atom. The van der Waals surface area contributed by atoms with Crippen molar-refractivity contribution in [3.63, 3.8) is 0 Å². The molecule has 0 bridgehead atoms. The predicted octanol–water partition coefficient (Wildman–Crippen LogP) is 4.56. The number of piperidine rings is 1. The highest BCUT2D eigenvalue weighted by Crippen LogP contribution is 2.38. The van der Waals surface area contributed by atoms with Gasteiger partial charge in [0.15, 0.2) is 0 Å². The lowest BCUT2D eigenvalue weighted by Gasteiger charge is -2.30. The number of benzene rings is 1. The highest BCUT2D eigenvalue weighted by molar-refractivity contribution is 7.99. The largest absolute Gasteiger partial charge is 0.494 e. The van der Waals surface area contributed by atoms with Gasteiger partial charge in [0, 0.05) is 36.2 Å². The van der Waals surface area contributed by atoms with Crippen molar-refractivity contribution in [2.24, 2.45) is 5.92 Å². The minimum absolute atomic E-state index is 0.0729. The first-order chi connectivity index (χ1) is 15.6. The summed E-state index contributed by atoms with van der Waals surface area (Å²) in [5.74, 6) is 0.431. The molecule has 3 heterocycles. The number of ether oxygens (including phenoxy) is 1. The maximum atomic E-state index is 12.6. The maximum Gasteiger partial charge on any atom is 0.306 e. The Labute approximate surface area is 194 Å². The number of fused-ring (bicyclic) bond motifs is 1. The van der Waals surface area contributed by atoms with E-state index in [9.17, 15) is 9.59 Å². The quantitative estimate of drug-likeness (QED) is 0.380. The van der Waals surface area contributed by atoms with Crippen LogP contribution in [0.4, 0.5) is 0 Å². The molecule has 2 aromatic heterocycles. The number of thiophene rings is 1. The normalized spacial score (nSPS) is 14.6. The van der Waals surface area contributed by atoms with Crippen LogP contribution in [-0.2, 0) is 9.59 Å². The molecule has 0 radical (unpaired) electrons. The monoisotopic (exact) mass is 471 g/mol. The molecule has 0 unspecified atom stereocenters. The Morgan fingerprint density at radius 1 is 1.22 bits per heavy atom. The molecule has 0 spiro atoms. The molecule has 1 amide bonds. The third kappa shape index (κ3) is 5.05. The Morgan fingerprint density at radius 2 is 1.97 bits per heavy atom. The molecule has 1 N–H and O–H groups in total. The number of nitrogens with zero attached hydrogens (tertiary/aromatic N) is 3. The van der Waals surface area contributed by atoms with Gasteiger partial charge in [-0.3, -0.25) is 9.59 Å². The Bertz CT molecular complexity index is 1090. The zero-order chi connectivity index (χ0) is 22.5. The van der Waals surface area contributed by atoms with Crippen LogP contribution in [0.5, 0.6) is 5.75 Å². The zero-order valence-electron chi connectivity index (χ0n) is 17.8. The van der Waals surface area contributed by atoms with E-state index in [1.54, 1.807) is 34.3 Å². The first-order valence-electron chi connectivity index (χ1n) is 10.7. The highest BCUT2D eigenvalue weighted by atomic mass is 32.2. The molecule has 4 rings (SSSR count). The van der Waals surface area contributed by atoms with Crippen molar-refractivity contribution in [1.82, 2.24) is 14.9 Å². The van der Waals surface area contributed by atoms with Crippen molar-refractivity contribution >= 4 is 45.2 Å². The summed E-state index contributed by atoms with van der Waals surface area (Å²) >= 11 is 3.15. The number of amides is 1. The SMILES string of the molecule is CCOc1ccc(-c2csc3ncnc(SCCC(=O)N4CCC(C(=O)O)CC4)c23)cc1. The molecule has 1 fully saturated rings. The number of carbonyl (C=O) groups is 2. The minimum Gasteiger partial charge on any atom is -0.494 e. The van der Waals surface area contributed by atoms with Gasteiger partial charge < -0.3 is 14.7 Å². The number of aromatic nitrogens is 2. The number of aliphatic carboxylic acids is 1. The molecule has 7 nitrogen and oxygen atoms in total. The van der Waals surface area contributed by atoms with Gasteiger partial charge in [0.2, 0.25) is 5.91 Å². The lowest BCUT2D eigenvalue weighted by atomic mass is 9.97. The number of hydrogen-bond acceptors (Lipinski definition) is 7. The van der Waals surface area contributed by atoms with Crippen molar-refractivity contribution in [2.45, 2.75) is 31.2 Å². The van der Waals surface area contributed by atoms with E-state index in [-0.39, 0.29) is 11.8 Å². The van der Waals surface area contributed by atoms with E-state index in [0.29, 0.717) is 44.7 Å². The van der Waals surface area contributed by atoms with Gasteiger partial charge >= 0.3 is 5.97 Å². The fourth-order valence-corrected chi connectivity index (χ4v) is 5.76. The van der Waals surface area contributed by atoms with Crippen LogP contribution >= 0.6 is 23.1 Å². The van der Waals surface area contributed by atoms with E-state index < -0.39 is 5.97 Å². The van der Waals surface area contributed by atoms with E-state index in [2.05, 4.69) is 15.3 Å². The lowest BCUT2D eigenvalue weighted by molar-refractivity contribution is -0.145. The third-order valence-corrected chi connectivity index (χ3v) is 7.44. The number of carbonyl (C=O) groups excluding carboxylic acids is 1. The van der Waals surface area contributed by atoms with Crippen LogP contribution in [0, 0.1) is 5.92 Å². The van der Waals surface area contributed by atoms with Gasteiger partial charge in [-0.1, -0.05) is 12.1 Å². The van der Waals surface area contributed by atoms with Crippen LogP contribution in [0.1, 0.15) is 26.2 Å². The van der Waals surface area contributed by atoms with Crippen LogP contribution in [0.3, 0.4) is 0 Å². The highest BCUT2D eigenvalue weighted by Gasteiger charge is 2.26.